The molecule has 0 atom stereocenters. The molecule has 0 N–H and O–H groups in total. The van der Waals surface area contributed by atoms with Gasteiger partial charge in [-0.1, -0.05) is 11.6 Å². The highest BCUT2D eigenvalue weighted by Crippen LogP contribution is 2.18. The van der Waals surface area contributed by atoms with Crippen LogP contribution in [0.25, 0.3) is 0 Å². The predicted molar refractivity (Wildman–Crippen MR) is 64.5 cm³/mol. The Balaban J connectivity index is 1.97. The van der Waals surface area contributed by atoms with Gasteiger partial charge in [-0.05, 0) is 24.3 Å². The quantitative estimate of drug-likeness (QED) is 0.627. The van der Waals surface area contributed by atoms with Gasteiger partial charge in [-0.2, -0.15) is 5.10 Å². The van der Waals surface area contributed by atoms with Gasteiger partial charge in [0, 0.05) is 12.1 Å². The van der Waals surface area contributed by atoms with Crippen molar-refractivity contribution in [2.75, 3.05) is 0 Å². The van der Waals surface area contributed by atoms with E-state index in [9.17, 15) is 10.1 Å². The summed E-state index contributed by atoms with van der Waals surface area (Å²) in [4.78, 5) is 9.99. The van der Waals surface area contributed by atoms with E-state index in [-0.39, 0.29) is 12.3 Å². The number of rotatable bonds is 4. The van der Waals surface area contributed by atoms with E-state index in [0.29, 0.717) is 16.6 Å². The van der Waals surface area contributed by atoms with Crippen molar-refractivity contribution >= 4 is 17.3 Å². The van der Waals surface area contributed by atoms with E-state index in [2.05, 4.69) is 10.2 Å². The molecule has 0 saturated carbocycles. The molecular formula is C11H8ClN3O3. The molecule has 2 rings (SSSR count). The first-order valence-corrected chi connectivity index (χ1v) is 5.38. The second-order valence-corrected chi connectivity index (χ2v) is 3.77. The fraction of sp³-hybridized carbons (Fsp3) is 0.0909. The Hall–Kier alpha value is -2.21. The molecule has 0 aliphatic carbocycles. The summed E-state index contributed by atoms with van der Waals surface area (Å²) in [5.74, 6) is 0.525. The molecule has 0 saturated heterocycles. The molecule has 0 amide bonds. The standard InChI is InChI=1S/C11H8ClN3O3/c12-11-6-1-8(13-14-11)7-18-10-4-2-9(3-5-10)15(16)17/h1-6H,7H2. The number of nitrogens with zero attached hydrogens (tertiary/aromatic N) is 3. The monoisotopic (exact) mass is 265 g/mol. The third-order valence-corrected chi connectivity index (χ3v) is 2.32. The van der Waals surface area contributed by atoms with E-state index >= 15 is 0 Å². The Kier molecular flexibility index (Phi) is 3.69. The third kappa shape index (κ3) is 3.14. The minimum atomic E-state index is -0.464. The van der Waals surface area contributed by atoms with E-state index in [0.717, 1.165) is 0 Å². The van der Waals surface area contributed by atoms with Crippen molar-refractivity contribution in [3.8, 4) is 5.75 Å². The zero-order chi connectivity index (χ0) is 13.0. The van der Waals surface area contributed by atoms with Crippen LogP contribution >= 0.6 is 11.6 Å². The van der Waals surface area contributed by atoms with Crippen molar-refractivity contribution in [1.82, 2.24) is 10.2 Å². The van der Waals surface area contributed by atoms with E-state index in [4.69, 9.17) is 16.3 Å². The highest BCUT2D eigenvalue weighted by atomic mass is 35.5. The molecule has 2 aromatic rings. The van der Waals surface area contributed by atoms with Gasteiger partial charge >= 0.3 is 0 Å². The number of nitro benzene ring substituents is 1. The minimum absolute atomic E-state index is 0.0219. The molecule has 18 heavy (non-hydrogen) atoms. The topological polar surface area (TPSA) is 78.2 Å². The summed E-state index contributed by atoms with van der Waals surface area (Å²) in [6, 6.07) is 9.12. The first kappa shape index (κ1) is 12.3. The van der Waals surface area contributed by atoms with Crippen LogP contribution in [-0.4, -0.2) is 15.1 Å². The van der Waals surface area contributed by atoms with Gasteiger partial charge in [-0.3, -0.25) is 10.1 Å². The SMILES string of the molecule is O=[N+]([O-])c1ccc(OCc2ccc(Cl)nn2)cc1. The largest absolute Gasteiger partial charge is 0.487 e. The first-order chi connectivity index (χ1) is 8.65. The Morgan fingerprint density at radius 1 is 1.17 bits per heavy atom. The van der Waals surface area contributed by atoms with Crippen molar-refractivity contribution in [1.29, 1.82) is 0 Å². The maximum absolute atomic E-state index is 10.5. The summed E-state index contributed by atoms with van der Waals surface area (Å²) in [5.41, 5.74) is 0.645. The summed E-state index contributed by atoms with van der Waals surface area (Å²) in [5, 5.41) is 18.3. The fourth-order valence-corrected chi connectivity index (χ4v) is 1.34. The second-order valence-electron chi connectivity index (χ2n) is 3.39. The number of hydrogen-bond acceptors (Lipinski definition) is 5. The molecule has 1 heterocycles. The zero-order valence-corrected chi connectivity index (χ0v) is 9.87. The van der Waals surface area contributed by atoms with Crippen molar-refractivity contribution in [3.63, 3.8) is 0 Å². The van der Waals surface area contributed by atoms with Crippen molar-refractivity contribution < 1.29 is 9.66 Å². The van der Waals surface area contributed by atoms with Crippen LogP contribution in [0, 0.1) is 10.1 Å². The van der Waals surface area contributed by atoms with Crippen molar-refractivity contribution in [3.05, 3.63) is 57.4 Å². The van der Waals surface area contributed by atoms with Crippen LogP contribution in [0.15, 0.2) is 36.4 Å². The molecular weight excluding hydrogens is 258 g/mol. The number of halogens is 1. The van der Waals surface area contributed by atoms with Gasteiger partial charge in [0.25, 0.3) is 5.69 Å². The zero-order valence-electron chi connectivity index (χ0n) is 9.12. The molecule has 0 aliphatic heterocycles. The molecule has 0 aliphatic rings. The molecule has 92 valence electrons. The lowest BCUT2D eigenvalue weighted by molar-refractivity contribution is -0.384. The second kappa shape index (κ2) is 5.42. The summed E-state index contributed by atoms with van der Waals surface area (Å²) in [6.45, 7) is 0.224. The normalized spacial score (nSPS) is 10.1. The molecule has 6 nitrogen and oxygen atoms in total. The number of ether oxygens (including phenoxy) is 1. The lowest BCUT2D eigenvalue weighted by atomic mass is 10.3. The van der Waals surface area contributed by atoms with Gasteiger partial charge in [-0.25, -0.2) is 0 Å². The van der Waals surface area contributed by atoms with Gasteiger partial charge < -0.3 is 4.74 Å². The molecule has 0 spiro atoms. The molecule has 0 radical (unpaired) electrons. The van der Waals surface area contributed by atoms with Gasteiger partial charge in [0.1, 0.15) is 18.1 Å². The summed E-state index contributed by atoms with van der Waals surface area (Å²) in [7, 11) is 0. The maximum atomic E-state index is 10.5. The molecule has 1 aromatic carbocycles. The van der Waals surface area contributed by atoms with Crippen molar-refractivity contribution in [2.24, 2.45) is 0 Å². The van der Waals surface area contributed by atoms with Crippen LogP contribution in [0.1, 0.15) is 5.69 Å². The van der Waals surface area contributed by atoms with Crippen LogP contribution in [0.4, 0.5) is 5.69 Å². The van der Waals surface area contributed by atoms with Crippen LogP contribution in [0.3, 0.4) is 0 Å². The summed E-state index contributed by atoms with van der Waals surface area (Å²) in [6.07, 6.45) is 0. The Morgan fingerprint density at radius 2 is 1.89 bits per heavy atom. The summed E-state index contributed by atoms with van der Waals surface area (Å²) >= 11 is 5.60. The first-order valence-electron chi connectivity index (χ1n) is 5.00. The minimum Gasteiger partial charge on any atom is -0.487 e. The molecule has 0 unspecified atom stereocenters. The Bertz CT molecular complexity index is 542. The van der Waals surface area contributed by atoms with E-state index in [1.807, 2.05) is 0 Å². The lowest BCUT2D eigenvalue weighted by Crippen LogP contribution is -1.99. The molecule has 7 heteroatoms. The highest BCUT2D eigenvalue weighted by molar-refractivity contribution is 6.29. The highest BCUT2D eigenvalue weighted by Gasteiger charge is 2.04. The number of nitro groups is 1. The van der Waals surface area contributed by atoms with Crippen molar-refractivity contribution in [2.45, 2.75) is 6.61 Å². The van der Waals surface area contributed by atoms with E-state index in [1.54, 1.807) is 12.1 Å². The van der Waals surface area contributed by atoms with Gasteiger partial charge in [-0.15, -0.1) is 5.10 Å². The van der Waals surface area contributed by atoms with Crippen LogP contribution in [0.2, 0.25) is 5.15 Å². The molecule has 0 bridgehead atoms. The lowest BCUT2D eigenvalue weighted by Gasteiger charge is -2.04. The predicted octanol–water partition coefficient (Wildman–Crippen LogP) is 2.62. The third-order valence-electron chi connectivity index (χ3n) is 2.12. The average molecular weight is 266 g/mol. The van der Waals surface area contributed by atoms with Gasteiger partial charge in [0.2, 0.25) is 0 Å². The fourth-order valence-electron chi connectivity index (χ4n) is 1.24. The van der Waals surface area contributed by atoms with E-state index < -0.39 is 4.92 Å². The smallest absolute Gasteiger partial charge is 0.269 e. The van der Waals surface area contributed by atoms with Crippen LogP contribution < -0.4 is 4.74 Å². The van der Waals surface area contributed by atoms with Gasteiger partial charge in [0.15, 0.2) is 5.15 Å². The molecule has 0 fully saturated rings. The molecule has 1 aromatic heterocycles. The number of benzene rings is 1. The number of hydrogen-bond donors (Lipinski definition) is 0. The Labute approximate surface area is 107 Å². The maximum Gasteiger partial charge on any atom is 0.269 e. The van der Waals surface area contributed by atoms with Gasteiger partial charge in [0.05, 0.1) is 4.92 Å². The van der Waals surface area contributed by atoms with Crippen LogP contribution in [0.5, 0.6) is 5.75 Å². The van der Waals surface area contributed by atoms with Crippen LogP contribution in [-0.2, 0) is 6.61 Å². The summed E-state index contributed by atoms with van der Waals surface area (Å²) < 4.78 is 5.40. The number of aromatic nitrogens is 2. The Morgan fingerprint density at radius 3 is 2.44 bits per heavy atom. The average Bonchev–Trinajstić information content (AvgIpc) is 2.38. The number of non-ortho nitro benzene ring substituents is 1. The van der Waals surface area contributed by atoms with E-state index in [1.165, 1.54) is 24.3 Å².